The van der Waals surface area contributed by atoms with Gasteiger partial charge in [-0.05, 0) is 30.6 Å². The first-order chi connectivity index (χ1) is 10.3. The van der Waals surface area contributed by atoms with Gasteiger partial charge in [-0.3, -0.25) is 4.79 Å². The Morgan fingerprint density at radius 2 is 1.71 bits per heavy atom. The first-order valence-electron chi connectivity index (χ1n) is 7.71. The first-order valence-corrected chi connectivity index (χ1v) is 10.6. The molecule has 6 nitrogen and oxygen atoms in total. The lowest BCUT2D eigenvalue weighted by Gasteiger charge is -2.33. The van der Waals surface area contributed by atoms with Crippen molar-refractivity contribution in [3.63, 3.8) is 0 Å². The maximum Gasteiger partial charge on any atom is 0.321 e. The third-order valence-corrected chi connectivity index (χ3v) is 3.89. The molecule has 9 heteroatoms. The number of carbonyl (C=O) groups is 1. The lowest BCUT2D eigenvalue weighted by atomic mass is 9.75. The highest BCUT2D eigenvalue weighted by atomic mass is 35.5. The second kappa shape index (κ2) is 14.2. The van der Waals surface area contributed by atoms with Crippen LogP contribution in [0.15, 0.2) is 0 Å². The van der Waals surface area contributed by atoms with Crippen molar-refractivity contribution in [2.75, 3.05) is 18.3 Å². The summed E-state index contributed by atoms with van der Waals surface area (Å²) in [4.78, 5) is 9.76. The highest BCUT2D eigenvalue weighted by Crippen LogP contribution is 2.33. The third kappa shape index (κ3) is 18.3. The number of carboxylic acids is 1. The molecule has 0 aliphatic heterocycles. The molecular formula is C15H34ClNO5S2. The second-order valence-corrected chi connectivity index (χ2v) is 9.31. The van der Waals surface area contributed by atoms with Gasteiger partial charge in [0.05, 0.1) is 6.10 Å². The number of nitrogens with two attached hydrogens (primary N) is 1. The molecule has 24 heavy (non-hydrogen) atoms. The van der Waals surface area contributed by atoms with E-state index in [1.807, 2.05) is 0 Å². The number of aliphatic hydroxyl groups is 1. The standard InChI is InChI=1S/C10H20O.C3H7NO2S.C2H6O2S.ClH/c1-7(2)9-5-4-8(3)6-10(9)11;4-2(1-7)3(5)6;1-5(2,3)4;/h7-11H,4-6H2,1-3H3;2,7H,1,4H2,(H,5,6);1-2H3;1H/t;2-;;/m.0../s1. The van der Waals surface area contributed by atoms with Crippen LogP contribution in [0.5, 0.6) is 0 Å². The maximum absolute atomic E-state index is 9.76. The second-order valence-electron chi connectivity index (χ2n) is 6.66. The summed E-state index contributed by atoms with van der Waals surface area (Å²) < 4.78 is 19.3. The Morgan fingerprint density at radius 3 is 1.92 bits per heavy atom. The van der Waals surface area contributed by atoms with Crippen LogP contribution in [0.25, 0.3) is 0 Å². The fourth-order valence-corrected chi connectivity index (χ4v) is 2.39. The van der Waals surface area contributed by atoms with E-state index in [0.29, 0.717) is 11.8 Å². The fraction of sp³-hybridized carbons (Fsp3) is 0.933. The monoisotopic (exact) mass is 407 g/mol. The molecule has 0 bridgehead atoms. The average Bonchev–Trinajstić information content (AvgIpc) is 2.35. The molecule has 0 heterocycles. The van der Waals surface area contributed by atoms with Crippen molar-refractivity contribution in [3.05, 3.63) is 0 Å². The third-order valence-electron chi connectivity index (χ3n) is 3.50. The van der Waals surface area contributed by atoms with Crippen LogP contribution in [-0.2, 0) is 14.6 Å². The van der Waals surface area contributed by atoms with E-state index in [1.165, 1.54) is 12.8 Å². The maximum atomic E-state index is 9.76. The van der Waals surface area contributed by atoms with E-state index in [4.69, 9.17) is 10.8 Å². The zero-order valence-corrected chi connectivity index (χ0v) is 17.7. The van der Waals surface area contributed by atoms with Crippen molar-refractivity contribution in [2.24, 2.45) is 23.5 Å². The zero-order valence-electron chi connectivity index (χ0n) is 15.2. The van der Waals surface area contributed by atoms with Gasteiger partial charge in [-0.25, -0.2) is 8.42 Å². The van der Waals surface area contributed by atoms with E-state index >= 15 is 0 Å². The van der Waals surface area contributed by atoms with Crippen molar-refractivity contribution < 1.29 is 23.4 Å². The van der Waals surface area contributed by atoms with E-state index in [9.17, 15) is 18.3 Å². The van der Waals surface area contributed by atoms with Gasteiger partial charge in [-0.2, -0.15) is 12.6 Å². The van der Waals surface area contributed by atoms with E-state index in [-0.39, 0.29) is 24.3 Å². The highest BCUT2D eigenvalue weighted by Gasteiger charge is 2.28. The first kappa shape index (κ1) is 28.8. The summed E-state index contributed by atoms with van der Waals surface area (Å²) >= 11 is 3.65. The van der Waals surface area contributed by atoms with Crippen LogP contribution in [0, 0.1) is 17.8 Å². The number of halogens is 1. The Labute approximate surface area is 158 Å². The quantitative estimate of drug-likeness (QED) is 0.530. The Hall–Kier alpha value is -0.0200. The van der Waals surface area contributed by atoms with Gasteiger partial charge in [-0.15, -0.1) is 12.4 Å². The molecule has 0 aromatic rings. The molecule has 1 aliphatic carbocycles. The molecule has 0 radical (unpaired) electrons. The molecule has 1 fully saturated rings. The molecule has 1 rings (SSSR count). The van der Waals surface area contributed by atoms with Crippen LogP contribution in [0.2, 0.25) is 0 Å². The number of hydrogen-bond donors (Lipinski definition) is 4. The van der Waals surface area contributed by atoms with Gasteiger partial charge in [0, 0.05) is 18.3 Å². The molecule has 0 amide bonds. The number of rotatable bonds is 3. The predicted octanol–water partition coefficient (Wildman–Crippen LogP) is 1.85. The van der Waals surface area contributed by atoms with Crippen molar-refractivity contribution in [1.82, 2.24) is 0 Å². The minimum absolute atomic E-state index is 0. The number of hydrogen-bond acceptors (Lipinski definition) is 6. The van der Waals surface area contributed by atoms with Crippen molar-refractivity contribution in [1.29, 1.82) is 0 Å². The van der Waals surface area contributed by atoms with Crippen LogP contribution in [-0.4, -0.2) is 55.0 Å². The fourth-order valence-electron chi connectivity index (χ4n) is 2.23. The van der Waals surface area contributed by atoms with Crippen LogP contribution in [0.4, 0.5) is 0 Å². The van der Waals surface area contributed by atoms with Crippen molar-refractivity contribution in [3.8, 4) is 0 Å². The summed E-state index contributed by atoms with van der Waals surface area (Å²) in [6.07, 6.45) is 5.83. The van der Waals surface area contributed by atoms with Crippen LogP contribution in [0.3, 0.4) is 0 Å². The van der Waals surface area contributed by atoms with Gasteiger partial charge in [-0.1, -0.05) is 27.2 Å². The molecule has 1 aliphatic rings. The summed E-state index contributed by atoms with van der Waals surface area (Å²) in [6.45, 7) is 6.66. The van der Waals surface area contributed by atoms with E-state index in [0.717, 1.165) is 24.9 Å². The molecule has 3 unspecified atom stereocenters. The summed E-state index contributed by atoms with van der Waals surface area (Å²) in [5.41, 5.74) is 4.94. The topological polar surface area (TPSA) is 118 Å². The molecule has 4 atom stereocenters. The van der Waals surface area contributed by atoms with Gasteiger partial charge >= 0.3 is 5.97 Å². The van der Waals surface area contributed by atoms with E-state index < -0.39 is 21.8 Å². The Balaban J connectivity index is -0.000000296. The SMILES string of the molecule is CC1CCC(C(C)C)C(O)C1.CS(C)(=O)=O.Cl.N[C@@H](CS)C(=O)O. The van der Waals surface area contributed by atoms with Crippen molar-refractivity contribution in [2.45, 2.75) is 52.2 Å². The minimum atomic E-state index is -2.67. The molecule has 0 aromatic carbocycles. The molecule has 0 saturated heterocycles. The number of thiol groups is 1. The van der Waals surface area contributed by atoms with Crippen LogP contribution >= 0.6 is 25.0 Å². The lowest BCUT2D eigenvalue weighted by molar-refractivity contribution is -0.137. The smallest absolute Gasteiger partial charge is 0.321 e. The molecule has 148 valence electrons. The molecule has 4 N–H and O–H groups in total. The Bertz CT molecular complexity index is 424. The predicted molar refractivity (Wildman–Crippen MR) is 105 cm³/mol. The summed E-state index contributed by atoms with van der Waals surface area (Å²) in [5.74, 6) is 1.13. The molecular weight excluding hydrogens is 374 g/mol. The Kier molecular flexibility index (Phi) is 17.0. The highest BCUT2D eigenvalue weighted by molar-refractivity contribution is 7.89. The normalized spacial score (nSPS) is 24.5. The summed E-state index contributed by atoms with van der Waals surface area (Å²) in [6, 6.07) is -0.816. The van der Waals surface area contributed by atoms with E-state index in [2.05, 4.69) is 33.4 Å². The minimum Gasteiger partial charge on any atom is -0.480 e. The number of carboxylic acid groups (broad SMARTS) is 1. The number of sulfone groups is 1. The van der Waals surface area contributed by atoms with Gasteiger partial charge in [0.2, 0.25) is 0 Å². The molecule has 0 aromatic heterocycles. The summed E-state index contributed by atoms with van der Waals surface area (Å²) in [5, 5.41) is 17.7. The average molecular weight is 408 g/mol. The molecule has 1 saturated carbocycles. The summed E-state index contributed by atoms with van der Waals surface area (Å²) in [7, 11) is -2.67. The molecule has 0 spiro atoms. The largest absolute Gasteiger partial charge is 0.480 e. The lowest BCUT2D eigenvalue weighted by Crippen LogP contribution is -2.31. The van der Waals surface area contributed by atoms with Crippen LogP contribution in [0.1, 0.15) is 40.0 Å². The van der Waals surface area contributed by atoms with Gasteiger partial charge in [0.1, 0.15) is 15.9 Å². The number of aliphatic hydroxyl groups excluding tert-OH is 1. The van der Waals surface area contributed by atoms with Gasteiger partial charge in [0.15, 0.2) is 0 Å². The van der Waals surface area contributed by atoms with Crippen molar-refractivity contribution >= 4 is 40.8 Å². The number of aliphatic carboxylic acids is 1. The van der Waals surface area contributed by atoms with E-state index in [1.54, 1.807) is 0 Å². The Morgan fingerprint density at radius 1 is 1.29 bits per heavy atom. The zero-order chi connectivity index (χ0) is 18.8. The van der Waals surface area contributed by atoms with Gasteiger partial charge < -0.3 is 15.9 Å². The van der Waals surface area contributed by atoms with Crippen LogP contribution < -0.4 is 5.73 Å². The van der Waals surface area contributed by atoms with Gasteiger partial charge in [0.25, 0.3) is 0 Å².